The summed E-state index contributed by atoms with van der Waals surface area (Å²) in [4.78, 5) is 10.2. The number of amidine groups is 1. The minimum atomic E-state index is -0.167. The number of rotatable bonds is 3. The molecule has 1 N–H and O–H groups in total. The second-order valence-corrected chi connectivity index (χ2v) is 9.49. The number of hydrogen-bond donors (Lipinski definition) is 1. The van der Waals surface area contributed by atoms with Crippen LogP contribution in [-0.2, 0) is 12.0 Å². The van der Waals surface area contributed by atoms with Gasteiger partial charge in [0.25, 0.3) is 0 Å². The molecule has 34 heavy (non-hydrogen) atoms. The molecule has 1 aliphatic heterocycles. The number of methoxy groups -OCH3 is 1. The van der Waals surface area contributed by atoms with Crippen molar-refractivity contribution in [3.05, 3.63) is 95.1 Å². The minimum absolute atomic E-state index is 0.167. The number of aryl methyl sites for hydroxylation is 2. The van der Waals surface area contributed by atoms with Crippen molar-refractivity contribution in [3.63, 3.8) is 0 Å². The van der Waals surface area contributed by atoms with Crippen molar-refractivity contribution in [1.82, 2.24) is 10.3 Å². The predicted octanol–water partition coefficient (Wildman–Crippen LogP) is 6.19. The maximum Gasteiger partial charge on any atom is 0.156 e. The Bertz CT molecular complexity index is 1410. The molecule has 0 radical (unpaired) electrons. The zero-order valence-corrected chi connectivity index (χ0v) is 19.8. The molecule has 0 fully saturated rings. The van der Waals surface area contributed by atoms with E-state index in [0.29, 0.717) is 0 Å². The molecule has 170 valence electrons. The number of hydrogen-bond acceptors (Lipinski definition) is 4. The van der Waals surface area contributed by atoms with Crippen LogP contribution < -0.4 is 10.1 Å². The van der Waals surface area contributed by atoms with Gasteiger partial charge in [-0.25, -0.2) is 4.98 Å². The fraction of sp³-hybridized carbons (Fsp3) is 0.267. The smallest absolute Gasteiger partial charge is 0.156 e. The van der Waals surface area contributed by atoms with E-state index in [1.807, 2.05) is 18.2 Å². The highest BCUT2D eigenvalue weighted by Gasteiger charge is 2.40. The molecule has 1 spiro atoms. The van der Waals surface area contributed by atoms with Crippen LogP contribution in [0.2, 0.25) is 0 Å². The summed E-state index contributed by atoms with van der Waals surface area (Å²) in [5, 5.41) is 5.00. The van der Waals surface area contributed by atoms with E-state index in [9.17, 15) is 0 Å². The first-order valence-corrected chi connectivity index (χ1v) is 12.1. The number of aliphatic imine (C=N–C) groups is 1. The Morgan fingerprint density at radius 3 is 2.62 bits per heavy atom. The zero-order valence-electron chi connectivity index (χ0n) is 19.8. The van der Waals surface area contributed by atoms with Gasteiger partial charge in [-0.05, 0) is 49.4 Å². The quantitative estimate of drug-likeness (QED) is 0.407. The van der Waals surface area contributed by atoms with Crippen LogP contribution in [0, 0.1) is 6.92 Å². The summed E-state index contributed by atoms with van der Waals surface area (Å²) < 4.78 is 6.08. The van der Waals surface area contributed by atoms with Gasteiger partial charge in [-0.2, -0.15) is 0 Å². The van der Waals surface area contributed by atoms with Gasteiger partial charge in [-0.3, -0.25) is 4.99 Å². The average molecular weight is 448 g/mol. The lowest BCUT2D eigenvalue weighted by atomic mass is 9.85. The van der Waals surface area contributed by atoms with Gasteiger partial charge in [0.2, 0.25) is 0 Å². The van der Waals surface area contributed by atoms with Crippen molar-refractivity contribution >= 4 is 16.7 Å². The summed E-state index contributed by atoms with van der Waals surface area (Å²) in [5.74, 6) is 1.68. The Balaban J connectivity index is 1.55. The van der Waals surface area contributed by atoms with Gasteiger partial charge in [0, 0.05) is 10.9 Å². The van der Waals surface area contributed by atoms with Crippen LogP contribution in [0.4, 0.5) is 0 Å². The van der Waals surface area contributed by atoms with Gasteiger partial charge in [0.15, 0.2) is 5.75 Å². The molecule has 2 aliphatic rings. The van der Waals surface area contributed by atoms with Crippen molar-refractivity contribution in [2.45, 2.75) is 38.1 Å². The second-order valence-electron chi connectivity index (χ2n) is 9.49. The molecule has 3 aromatic carbocycles. The SMILES string of the molecule is COc1c(-c2ccccc2)nc2ccc(C)cc2c1C1=NCC2(CCCCc3ccccc32)N1. The molecule has 0 amide bonds. The van der Waals surface area contributed by atoms with Crippen molar-refractivity contribution in [1.29, 1.82) is 0 Å². The molecule has 1 atom stereocenters. The summed E-state index contributed by atoms with van der Waals surface area (Å²) in [6.45, 7) is 2.85. The monoisotopic (exact) mass is 447 g/mol. The van der Waals surface area contributed by atoms with E-state index in [-0.39, 0.29) is 5.54 Å². The number of nitrogens with one attached hydrogen (secondary N) is 1. The number of fused-ring (bicyclic) bond motifs is 3. The van der Waals surface area contributed by atoms with Gasteiger partial charge in [-0.15, -0.1) is 0 Å². The molecule has 4 heteroatoms. The number of nitrogens with zero attached hydrogens (tertiary/aromatic N) is 2. The molecular formula is C30H29N3O. The minimum Gasteiger partial charge on any atom is -0.494 e. The topological polar surface area (TPSA) is 46.5 Å². The fourth-order valence-electron chi connectivity index (χ4n) is 5.62. The Kier molecular flexibility index (Phi) is 5.09. The summed E-state index contributed by atoms with van der Waals surface area (Å²) in [5.41, 5.74) is 7.70. The molecular weight excluding hydrogens is 418 g/mol. The molecule has 1 aromatic heterocycles. The van der Waals surface area contributed by atoms with Crippen LogP contribution in [0.3, 0.4) is 0 Å². The molecule has 0 saturated carbocycles. The molecule has 0 bridgehead atoms. The van der Waals surface area contributed by atoms with E-state index >= 15 is 0 Å². The summed E-state index contributed by atoms with van der Waals surface area (Å²) in [6.07, 6.45) is 4.61. The highest BCUT2D eigenvalue weighted by atomic mass is 16.5. The summed E-state index contributed by atoms with van der Waals surface area (Å²) >= 11 is 0. The third-order valence-electron chi connectivity index (χ3n) is 7.28. The number of benzene rings is 3. The fourth-order valence-corrected chi connectivity index (χ4v) is 5.62. The van der Waals surface area contributed by atoms with Crippen LogP contribution in [0.5, 0.6) is 5.75 Å². The zero-order chi connectivity index (χ0) is 23.1. The molecule has 6 rings (SSSR count). The lowest BCUT2D eigenvalue weighted by Gasteiger charge is -2.31. The Morgan fingerprint density at radius 2 is 1.76 bits per heavy atom. The number of pyridine rings is 1. The Hall–Kier alpha value is -3.66. The van der Waals surface area contributed by atoms with E-state index in [2.05, 4.69) is 66.8 Å². The van der Waals surface area contributed by atoms with Gasteiger partial charge < -0.3 is 10.1 Å². The van der Waals surface area contributed by atoms with Crippen LogP contribution in [0.25, 0.3) is 22.2 Å². The van der Waals surface area contributed by atoms with Crippen molar-refractivity contribution in [2.75, 3.05) is 13.7 Å². The van der Waals surface area contributed by atoms with E-state index in [1.165, 1.54) is 29.5 Å². The predicted molar refractivity (Wildman–Crippen MR) is 139 cm³/mol. The van der Waals surface area contributed by atoms with Crippen LogP contribution in [-0.4, -0.2) is 24.5 Å². The molecule has 1 unspecified atom stereocenters. The maximum absolute atomic E-state index is 6.08. The van der Waals surface area contributed by atoms with Crippen LogP contribution >= 0.6 is 0 Å². The molecule has 0 saturated heterocycles. The molecule has 2 heterocycles. The maximum atomic E-state index is 6.08. The number of ether oxygens (including phenoxy) is 1. The Labute approximate surface area is 200 Å². The van der Waals surface area contributed by atoms with Gasteiger partial charge in [0.1, 0.15) is 11.5 Å². The standard InChI is InChI=1S/C30H29N3O/c1-20-15-16-25-23(18-20)26(28(34-2)27(32-25)22-12-4-3-5-13-22)29-31-19-30(33-29)17-9-8-11-21-10-6-7-14-24(21)30/h3-7,10,12-16,18H,8-9,11,17,19H2,1-2H3,(H,31,33). The third-order valence-corrected chi connectivity index (χ3v) is 7.28. The largest absolute Gasteiger partial charge is 0.494 e. The van der Waals surface area contributed by atoms with Crippen LogP contribution in [0.1, 0.15) is 41.5 Å². The first kappa shape index (κ1) is 20.9. The van der Waals surface area contributed by atoms with Crippen molar-refractivity contribution < 1.29 is 4.74 Å². The van der Waals surface area contributed by atoms with Gasteiger partial charge in [-0.1, -0.05) is 72.6 Å². The van der Waals surface area contributed by atoms with E-state index in [1.54, 1.807) is 7.11 Å². The highest BCUT2D eigenvalue weighted by Crippen LogP contribution is 2.41. The first-order chi connectivity index (χ1) is 16.7. The molecule has 4 aromatic rings. The average Bonchev–Trinajstić information content (AvgIpc) is 3.22. The van der Waals surface area contributed by atoms with Crippen molar-refractivity contribution in [2.24, 2.45) is 4.99 Å². The molecule has 4 nitrogen and oxygen atoms in total. The van der Waals surface area contributed by atoms with E-state index < -0.39 is 0 Å². The van der Waals surface area contributed by atoms with Crippen molar-refractivity contribution in [3.8, 4) is 17.0 Å². The summed E-state index contributed by atoms with van der Waals surface area (Å²) in [6, 6.07) is 25.6. The van der Waals surface area contributed by atoms with Gasteiger partial charge in [0.05, 0.1) is 30.3 Å². The lowest BCUT2D eigenvalue weighted by Crippen LogP contribution is -2.43. The van der Waals surface area contributed by atoms with Crippen LogP contribution in [0.15, 0.2) is 77.8 Å². The molecule has 1 aliphatic carbocycles. The third kappa shape index (κ3) is 3.37. The second kappa shape index (κ2) is 8.28. The first-order valence-electron chi connectivity index (χ1n) is 12.1. The normalized spacial score (nSPS) is 19.4. The van der Waals surface area contributed by atoms with E-state index in [4.69, 9.17) is 14.7 Å². The van der Waals surface area contributed by atoms with E-state index in [0.717, 1.165) is 58.7 Å². The highest BCUT2D eigenvalue weighted by molar-refractivity contribution is 6.14. The lowest BCUT2D eigenvalue weighted by molar-refractivity contribution is 0.389. The summed E-state index contributed by atoms with van der Waals surface area (Å²) in [7, 11) is 1.74. The Morgan fingerprint density at radius 1 is 0.941 bits per heavy atom. The number of aromatic nitrogens is 1. The van der Waals surface area contributed by atoms with Gasteiger partial charge >= 0.3 is 0 Å².